The van der Waals surface area contributed by atoms with E-state index in [0.29, 0.717) is 0 Å². The van der Waals surface area contributed by atoms with Gasteiger partial charge in [-0.3, -0.25) is 4.31 Å². The van der Waals surface area contributed by atoms with Gasteiger partial charge in [0.05, 0.1) is 0 Å². The van der Waals surface area contributed by atoms with Crippen LogP contribution in [0.15, 0.2) is 11.5 Å². The Morgan fingerprint density at radius 3 is 1.07 bits per heavy atom. The molecule has 0 spiro atoms. The summed E-state index contributed by atoms with van der Waals surface area (Å²) in [6.45, 7) is -2.45. The van der Waals surface area contributed by atoms with Crippen LogP contribution in [0.5, 0.6) is 0 Å². The van der Waals surface area contributed by atoms with Crippen LogP contribution in [0.3, 0.4) is 0 Å². The number of halogens is 24. The molecule has 3 nitrogen and oxygen atoms in total. The van der Waals surface area contributed by atoms with Crippen LogP contribution in [0.4, 0.5) is 105 Å². The van der Waals surface area contributed by atoms with Gasteiger partial charge in [0.2, 0.25) is 5.83 Å². The molecule has 0 saturated carbocycles. The monoisotopic (exact) mass is 721 g/mol. The van der Waals surface area contributed by atoms with E-state index in [4.69, 9.17) is 0 Å². The first-order chi connectivity index (χ1) is 18.2. The molecular weight excluding hydrogens is 714 g/mol. The first kappa shape index (κ1) is 40.8. The van der Waals surface area contributed by atoms with Crippen molar-refractivity contribution in [3.63, 3.8) is 0 Å². The van der Waals surface area contributed by atoms with E-state index in [1.165, 1.54) is 0 Å². The molecule has 0 aliphatic carbocycles. The van der Waals surface area contributed by atoms with Gasteiger partial charge in [-0.15, -0.1) is 0 Å². The summed E-state index contributed by atoms with van der Waals surface area (Å²) in [5, 5.41) is -8.65. The third kappa shape index (κ3) is 5.83. The van der Waals surface area contributed by atoms with Crippen LogP contribution >= 0.6 is 0 Å². The lowest BCUT2D eigenvalue weighted by atomic mass is 9.91. The minimum atomic E-state index is -9.35. The van der Waals surface area contributed by atoms with Crippen molar-refractivity contribution in [2.75, 3.05) is 6.54 Å². The second kappa shape index (κ2) is 10.7. The number of hydrogen-bond acceptors (Lipinski definition) is 2. The highest BCUT2D eigenvalue weighted by Crippen LogP contribution is 2.64. The number of sulfonamides is 1. The molecule has 0 amide bonds. The Morgan fingerprint density at radius 1 is 0.512 bits per heavy atom. The standard InChI is InChI=1S/C15H7F24NO2S/c1-2-3-40(5(7(20,21)22)4(16)6(17,18)19)43(41,42)15(38,39)13(33,34)11(29,30)9(25,26)8(23,24)10(27,28)12(31,32)14(35,36)37/h2-3H2,1H3. The minimum Gasteiger partial charge on any atom is -0.257 e. The van der Waals surface area contributed by atoms with Gasteiger partial charge in [0.15, 0.2) is 5.70 Å². The Bertz CT molecular complexity index is 1160. The van der Waals surface area contributed by atoms with Crippen LogP contribution in [-0.4, -0.2) is 78.6 Å². The van der Waals surface area contributed by atoms with Crippen LogP contribution in [0.1, 0.15) is 13.3 Å². The fraction of sp³-hybridized carbons (Fsp3) is 0.867. The molecule has 0 saturated heterocycles. The fourth-order valence-electron chi connectivity index (χ4n) is 2.51. The molecular formula is C15H7F24NO2S. The highest BCUT2D eigenvalue weighted by atomic mass is 32.2. The quantitative estimate of drug-likeness (QED) is 0.202. The zero-order valence-corrected chi connectivity index (χ0v) is 20.0. The third-order valence-corrected chi connectivity index (χ3v) is 6.56. The van der Waals surface area contributed by atoms with Gasteiger partial charge in [0.1, 0.15) is 0 Å². The molecule has 0 radical (unpaired) electrons. The Morgan fingerprint density at radius 2 is 0.814 bits per heavy atom. The fourth-order valence-corrected chi connectivity index (χ4v) is 4.09. The lowest BCUT2D eigenvalue weighted by Crippen LogP contribution is -2.75. The highest BCUT2D eigenvalue weighted by molar-refractivity contribution is 7.90. The molecule has 0 N–H and O–H groups in total. The molecule has 0 aromatic carbocycles. The van der Waals surface area contributed by atoms with E-state index in [-0.39, 0.29) is 6.92 Å². The second-order valence-electron chi connectivity index (χ2n) is 7.70. The molecule has 0 aromatic heterocycles. The maximum atomic E-state index is 14.2. The van der Waals surface area contributed by atoms with E-state index >= 15 is 0 Å². The van der Waals surface area contributed by atoms with Crippen LogP contribution in [0.2, 0.25) is 0 Å². The van der Waals surface area contributed by atoms with Crippen LogP contribution in [0, 0.1) is 0 Å². The number of allylic oxidation sites excluding steroid dienone is 2. The Kier molecular flexibility index (Phi) is 10.2. The maximum Gasteiger partial charge on any atom is 0.460 e. The third-order valence-electron chi connectivity index (χ3n) is 4.71. The second-order valence-corrected chi connectivity index (χ2v) is 9.60. The van der Waals surface area contributed by atoms with Crippen LogP contribution < -0.4 is 0 Å². The van der Waals surface area contributed by atoms with Gasteiger partial charge >= 0.3 is 69.3 Å². The van der Waals surface area contributed by atoms with Gasteiger partial charge in [-0.1, -0.05) is 6.92 Å². The van der Waals surface area contributed by atoms with Crippen molar-refractivity contribution in [3.8, 4) is 0 Å². The summed E-state index contributed by atoms with van der Waals surface area (Å²) in [4.78, 5) is 0. The van der Waals surface area contributed by atoms with Crippen molar-refractivity contribution < 1.29 is 114 Å². The van der Waals surface area contributed by atoms with Crippen molar-refractivity contribution in [2.24, 2.45) is 0 Å². The highest BCUT2D eigenvalue weighted by Gasteiger charge is 2.96. The molecule has 0 aromatic rings. The lowest BCUT2D eigenvalue weighted by Gasteiger charge is -2.43. The number of alkyl halides is 23. The van der Waals surface area contributed by atoms with Crippen LogP contribution in [0.25, 0.3) is 0 Å². The largest absolute Gasteiger partial charge is 0.460 e. The molecule has 28 heteroatoms. The van der Waals surface area contributed by atoms with Crippen molar-refractivity contribution in [1.82, 2.24) is 4.31 Å². The first-order valence-electron chi connectivity index (χ1n) is 9.50. The van der Waals surface area contributed by atoms with Gasteiger partial charge in [0, 0.05) is 6.54 Å². The van der Waals surface area contributed by atoms with Crippen molar-refractivity contribution in [1.29, 1.82) is 0 Å². The summed E-state index contributed by atoms with van der Waals surface area (Å²) in [7, 11) is -8.93. The predicted molar refractivity (Wildman–Crippen MR) is 86.8 cm³/mol. The molecule has 0 aliphatic heterocycles. The number of nitrogens with zero attached hydrogens (tertiary/aromatic N) is 1. The lowest BCUT2D eigenvalue weighted by molar-refractivity contribution is -0.458. The summed E-state index contributed by atoms with van der Waals surface area (Å²) < 4.78 is 338. The van der Waals surface area contributed by atoms with Gasteiger partial charge < -0.3 is 0 Å². The molecule has 0 heterocycles. The first-order valence-corrected chi connectivity index (χ1v) is 10.9. The van der Waals surface area contributed by atoms with Crippen molar-refractivity contribution >= 4 is 10.0 Å². The normalized spacial score (nSPS) is 16.8. The summed E-state index contributed by atoms with van der Waals surface area (Å²) in [6.07, 6.45) is -24.1. The summed E-state index contributed by atoms with van der Waals surface area (Å²) in [5.74, 6) is -59.4. The summed E-state index contributed by atoms with van der Waals surface area (Å²) in [5.41, 5.74) is -4.59. The van der Waals surface area contributed by atoms with E-state index < -0.39 is 98.1 Å². The van der Waals surface area contributed by atoms with E-state index in [1.54, 1.807) is 0 Å². The van der Waals surface area contributed by atoms with Gasteiger partial charge in [-0.25, -0.2) is 0 Å². The van der Waals surface area contributed by atoms with Gasteiger partial charge in [0.25, 0.3) is 0 Å². The molecule has 0 atom stereocenters. The molecule has 0 fully saturated rings. The molecule has 0 bridgehead atoms. The maximum absolute atomic E-state index is 14.2. The number of hydrogen-bond donors (Lipinski definition) is 0. The summed E-state index contributed by atoms with van der Waals surface area (Å²) >= 11 is 0. The number of rotatable bonds is 11. The van der Waals surface area contributed by atoms with E-state index in [2.05, 4.69) is 0 Å². The Hall–Kier alpha value is -2.19. The SMILES string of the molecule is CCCN(C(=C(F)C(F)(F)F)C(F)(F)F)S(=O)(=O)C(F)(F)C(F)(F)C(F)(F)C(F)(F)C(F)(F)C(F)(F)C(F)(F)C(F)(F)F. The topological polar surface area (TPSA) is 37.4 Å². The van der Waals surface area contributed by atoms with E-state index in [1.807, 2.05) is 0 Å². The van der Waals surface area contributed by atoms with Crippen molar-refractivity contribution in [3.05, 3.63) is 11.5 Å². The minimum absolute atomic E-state index is 0.268. The Balaban J connectivity index is 7.69. The molecule has 258 valence electrons. The Labute approximate surface area is 220 Å². The molecule has 0 aliphatic rings. The van der Waals surface area contributed by atoms with Crippen LogP contribution in [-0.2, 0) is 10.0 Å². The van der Waals surface area contributed by atoms with E-state index in [0.717, 1.165) is 0 Å². The smallest absolute Gasteiger partial charge is 0.257 e. The predicted octanol–water partition coefficient (Wildman–Crippen LogP) is 8.30. The zero-order chi connectivity index (χ0) is 35.6. The average Bonchev–Trinajstić information content (AvgIpc) is 2.75. The van der Waals surface area contributed by atoms with E-state index in [9.17, 15) is 114 Å². The summed E-state index contributed by atoms with van der Waals surface area (Å²) in [6, 6.07) is 0. The van der Waals surface area contributed by atoms with Gasteiger partial charge in [-0.2, -0.15) is 114 Å². The zero-order valence-electron chi connectivity index (χ0n) is 19.2. The molecule has 0 unspecified atom stereocenters. The molecule has 0 rings (SSSR count). The average molecular weight is 721 g/mol. The van der Waals surface area contributed by atoms with Crippen molar-refractivity contribution in [2.45, 2.75) is 72.7 Å². The van der Waals surface area contributed by atoms with Gasteiger partial charge in [-0.05, 0) is 6.42 Å². The molecule has 43 heavy (non-hydrogen) atoms.